The first-order valence-electron chi connectivity index (χ1n) is 15.2. The molecule has 3 aromatic rings. The lowest BCUT2D eigenvalue weighted by Crippen LogP contribution is -2.67. The summed E-state index contributed by atoms with van der Waals surface area (Å²) in [5.74, 6) is -1.72. The van der Waals surface area contributed by atoms with Crippen LogP contribution in [0.2, 0.25) is 5.04 Å². The van der Waals surface area contributed by atoms with Gasteiger partial charge < -0.3 is 38.0 Å². The van der Waals surface area contributed by atoms with Crippen molar-refractivity contribution in [2.45, 2.75) is 69.8 Å². The van der Waals surface area contributed by atoms with Crippen LogP contribution in [-0.2, 0) is 19.3 Å². The van der Waals surface area contributed by atoms with Crippen molar-refractivity contribution in [3.63, 3.8) is 0 Å². The maximum Gasteiger partial charge on any atom is 0.534 e. The number of fused-ring (bicyclic) bond motifs is 1. The van der Waals surface area contributed by atoms with E-state index in [1.807, 2.05) is 60.7 Å². The minimum Gasteiger partial charge on any atom is -0.463 e. The Hall–Kier alpha value is -3.34. The summed E-state index contributed by atoms with van der Waals surface area (Å²) in [6.07, 6.45) is 0. The van der Waals surface area contributed by atoms with Gasteiger partial charge in [-0.1, -0.05) is 81.4 Å². The first kappa shape index (κ1) is 37.5. The summed E-state index contributed by atoms with van der Waals surface area (Å²) in [7, 11) is -7.96. The van der Waals surface area contributed by atoms with Crippen molar-refractivity contribution < 1.29 is 54.3 Å². The normalized spacial score (nSPS) is 15.2. The summed E-state index contributed by atoms with van der Waals surface area (Å²) < 4.78 is 97.9. The summed E-state index contributed by atoms with van der Waals surface area (Å²) in [6, 6.07) is 19.7. The Labute approximate surface area is 280 Å². The molecule has 0 saturated carbocycles. The van der Waals surface area contributed by atoms with Gasteiger partial charge in [-0.25, -0.2) is 0 Å². The number of benzene rings is 3. The summed E-state index contributed by atoms with van der Waals surface area (Å²) in [6.45, 7) is 10.4. The number of halogens is 3. The molecule has 1 aliphatic rings. The number of hydrogen-bond acceptors (Lipinski definition) is 10. The van der Waals surface area contributed by atoms with Gasteiger partial charge in [0.05, 0.1) is 18.2 Å². The number of rotatable bonds is 14. The van der Waals surface area contributed by atoms with E-state index >= 15 is 0 Å². The Kier molecular flexibility index (Phi) is 11.1. The third-order valence-electron chi connectivity index (χ3n) is 8.17. The fraction of sp³-hybridized carbons (Fsp3) is 0.455. The molecule has 0 spiro atoms. The zero-order valence-corrected chi connectivity index (χ0v) is 29.7. The van der Waals surface area contributed by atoms with Crippen LogP contribution in [0.15, 0.2) is 66.7 Å². The van der Waals surface area contributed by atoms with Crippen LogP contribution in [-0.4, -0.2) is 66.3 Å². The lowest BCUT2D eigenvalue weighted by Gasteiger charge is -2.44. The second-order valence-electron chi connectivity index (χ2n) is 13.0. The van der Waals surface area contributed by atoms with Gasteiger partial charge in [-0.15, -0.1) is 0 Å². The molecular formula is C33H42F3NO9SSi. The molecule has 264 valence electrons. The highest BCUT2D eigenvalue weighted by molar-refractivity contribution is 7.88. The van der Waals surface area contributed by atoms with E-state index in [2.05, 4.69) is 30.3 Å². The van der Waals surface area contributed by atoms with E-state index in [1.165, 1.54) is 13.2 Å². The molecule has 2 N–H and O–H groups in total. The van der Waals surface area contributed by atoms with Crippen molar-refractivity contribution in [1.82, 2.24) is 5.32 Å². The van der Waals surface area contributed by atoms with Crippen LogP contribution in [0.5, 0.6) is 23.0 Å². The number of nitrogens with one attached hydrogen (secondary N) is 1. The highest BCUT2D eigenvalue weighted by Crippen LogP contribution is 2.52. The van der Waals surface area contributed by atoms with Crippen LogP contribution >= 0.6 is 0 Å². The number of hydrogen-bond donors (Lipinski definition) is 2. The molecule has 10 nitrogen and oxygen atoms in total. The monoisotopic (exact) mass is 713 g/mol. The van der Waals surface area contributed by atoms with Crippen LogP contribution in [0.1, 0.15) is 53.1 Å². The number of methoxy groups -OCH3 is 1. The van der Waals surface area contributed by atoms with Crippen LogP contribution < -0.4 is 34.1 Å². The third-order valence-corrected chi connectivity index (χ3v) is 14.1. The SMILES string of the molecule is COCOc1cc(C(CO[Si](c2ccccc2)(c2ccccc2)C(C)(C)C)N[C@H](C)C(C)(C)O)c2c(c1OS(=O)(=O)C(F)(F)F)OCO2. The number of ether oxygens (including phenoxy) is 4. The Balaban J connectivity index is 1.92. The van der Waals surface area contributed by atoms with Gasteiger partial charge in [0.1, 0.15) is 0 Å². The fourth-order valence-corrected chi connectivity index (χ4v) is 10.5. The highest BCUT2D eigenvalue weighted by atomic mass is 32.2. The van der Waals surface area contributed by atoms with Crippen LogP contribution in [0.25, 0.3) is 0 Å². The van der Waals surface area contributed by atoms with Gasteiger partial charge in [0, 0.05) is 18.7 Å². The molecule has 15 heteroatoms. The number of aliphatic hydroxyl groups is 1. The summed E-state index contributed by atoms with van der Waals surface area (Å²) in [4.78, 5) is 0. The Morgan fingerprint density at radius 2 is 1.48 bits per heavy atom. The van der Waals surface area contributed by atoms with Gasteiger partial charge in [-0.05, 0) is 42.2 Å². The predicted molar refractivity (Wildman–Crippen MR) is 176 cm³/mol. The lowest BCUT2D eigenvalue weighted by molar-refractivity contribution is -0.0501. The molecule has 0 saturated heterocycles. The molecule has 1 heterocycles. The highest BCUT2D eigenvalue weighted by Gasteiger charge is 2.52. The maximum atomic E-state index is 13.4. The van der Waals surface area contributed by atoms with Gasteiger partial charge in [-0.2, -0.15) is 21.6 Å². The second-order valence-corrected chi connectivity index (χ2v) is 18.8. The fourth-order valence-electron chi connectivity index (χ4n) is 5.47. The van der Waals surface area contributed by atoms with E-state index in [1.54, 1.807) is 20.8 Å². The van der Waals surface area contributed by atoms with E-state index < -0.39 is 77.5 Å². The van der Waals surface area contributed by atoms with E-state index in [4.69, 9.17) is 23.4 Å². The van der Waals surface area contributed by atoms with Crippen molar-refractivity contribution in [2.24, 2.45) is 0 Å². The predicted octanol–water partition coefficient (Wildman–Crippen LogP) is 4.99. The van der Waals surface area contributed by atoms with Gasteiger partial charge in [0.2, 0.25) is 18.3 Å². The van der Waals surface area contributed by atoms with E-state index in [9.17, 15) is 26.7 Å². The molecule has 0 amide bonds. The molecule has 0 aromatic heterocycles. The average molecular weight is 714 g/mol. The largest absolute Gasteiger partial charge is 0.534 e. The Bertz CT molecular complexity index is 1610. The molecule has 0 bridgehead atoms. The van der Waals surface area contributed by atoms with Crippen LogP contribution in [0, 0.1) is 0 Å². The molecule has 48 heavy (non-hydrogen) atoms. The smallest absolute Gasteiger partial charge is 0.463 e. The third kappa shape index (κ3) is 7.76. The first-order valence-corrected chi connectivity index (χ1v) is 18.5. The standard InChI is InChI=1S/C33H42F3NO9SSi/c1-22(32(5,6)38)37-26(19-45-48(31(2,3)4,23-14-10-8-11-15-23)24-16-12-9-13-17-24)25-18-27(42-20-41-7)29(30-28(25)43-21-44-30)46-47(39,40)33(34,35)36/h8-18,22,26,37-38H,19-21H2,1-7H3/t22-,26?/m1/s1. The van der Waals surface area contributed by atoms with Crippen molar-refractivity contribution in [1.29, 1.82) is 0 Å². The minimum absolute atomic E-state index is 0.0196. The average Bonchev–Trinajstić information content (AvgIpc) is 3.50. The molecule has 1 aliphatic heterocycles. The van der Waals surface area contributed by atoms with Gasteiger partial charge in [0.15, 0.2) is 18.3 Å². The molecular weight excluding hydrogens is 672 g/mol. The van der Waals surface area contributed by atoms with E-state index in [0.29, 0.717) is 5.56 Å². The van der Waals surface area contributed by atoms with E-state index in [-0.39, 0.29) is 12.4 Å². The van der Waals surface area contributed by atoms with E-state index in [0.717, 1.165) is 10.4 Å². The summed E-state index contributed by atoms with van der Waals surface area (Å²) >= 11 is 0. The van der Waals surface area contributed by atoms with Crippen molar-refractivity contribution in [2.75, 3.05) is 27.3 Å². The topological polar surface area (TPSA) is 122 Å². The summed E-state index contributed by atoms with van der Waals surface area (Å²) in [5, 5.41) is 15.9. The lowest BCUT2D eigenvalue weighted by atomic mass is 9.97. The zero-order chi connectivity index (χ0) is 35.5. The molecule has 3 aromatic carbocycles. The molecule has 0 aliphatic carbocycles. The van der Waals surface area contributed by atoms with Crippen LogP contribution in [0.4, 0.5) is 13.2 Å². The minimum atomic E-state index is -6.12. The number of alkyl halides is 3. The molecule has 1 unspecified atom stereocenters. The summed E-state index contributed by atoms with van der Waals surface area (Å²) in [5.41, 5.74) is -6.65. The van der Waals surface area contributed by atoms with Crippen molar-refractivity contribution in [3.8, 4) is 23.0 Å². The second kappa shape index (κ2) is 14.3. The van der Waals surface area contributed by atoms with Gasteiger partial charge >= 0.3 is 15.6 Å². The quantitative estimate of drug-likeness (QED) is 0.102. The Morgan fingerprint density at radius 1 is 0.938 bits per heavy atom. The molecule has 0 radical (unpaired) electrons. The molecule has 2 atom stereocenters. The van der Waals surface area contributed by atoms with Crippen LogP contribution in [0.3, 0.4) is 0 Å². The van der Waals surface area contributed by atoms with Crippen molar-refractivity contribution >= 4 is 28.8 Å². The van der Waals surface area contributed by atoms with Gasteiger partial charge in [-0.3, -0.25) is 0 Å². The first-order chi connectivity index (χ1) is 22.3. The van der Waals surface area contributed by atoms with Gasteiger partial charge in [0.25, 0.3) is 8.32 Å². The van der Waals surface area contributed by atoms with Crippen molar-refractivity contribution in [3.05, 3.63) is 72.3 Å². The Morgan fingerprint density at radius 3 is 1.96 bits per heavy atom. The molecule has 4 rings (SSSR count). The molecule has 0 fully saturated rings. The zero-order valence-electron chi connectivity index (χ0n) is 27.9. The maximum absolute atomic E-state index is 13.4.